The number of benzene rings is 2. The summed E-state index contributed by atoms with van der Waals surface area (Å²) < 4.78 is 47.4. The van der Waals surface area contributed by atoms with Gasteiger partial charge in [0.1, 0.15) is 30.0 Å². The minimum atomic E-state index is -4.86. The molecule has 0 spiro atoms. The van der Waals surface area contributed by atoms with E-state index in [1.165, 1.54) is 6.07 Å². The van der Waals surface area contributed by atoms with E-state index in [0.717, 1.165) is 16.7 Å². The molecule has 3 aromatic rings. The lowest BCUT2D eigenvalue weighted by Gasteiger charge is -2.36. The third-order valence-corrected chi connectivity index (χ3v) is 10.6. The van der Waals surface area contributed by atoms with Gasteiger partial charge in [-0.3, -0.25) is 34.3 Å². The van der Waals surface area contributed by atoms with Crippen molar-refractivity contribution in [2.45, 2.75) is 57.8 Å². The number of nitriles is 1. The number of aromatic nitrogens is 1. The van der Waals surface area contributed by atoms with E-state index in [9.17, 15) is 32.3 Å². The van der Waals surface area contributed by atoms with Crippen molar-refractivity contribution in [2.24, 2.45) is 0 Å². The monoisotopic (exact) mass is 817 g/mol. The highest BCUT2D eigenvalue weighted by Crippen LogP contribution is 2.40. The number of hydrogen-bond donors (Lipinski definition) is 3. The SMILES string of the molecule is C=C(C(=O)Nc1cccc(N[C@H]2CCC(=O)NC2=O)c1)N1CCN(CCOc2ccc(N3C(=S)N(c4cnc(C#N)c(C(F)(F)F)c4)C(=O)C3(C)C)cc2CC)CC1. The Hall–Kier alpha value is -6.06. The zero-order valence-corrected chi connectivity index (χ0v) is 32.9. The molecular weight excluding hydrogens is 776 g/mol. The van der Waals surface area contributed by atoms with Gasteiger partial charge in [0, 0.05) is 56.2 Å². The van der Waals surface area contributed by atoms with Crippen LogP contribution in [0.25, 0.3) is 0 Å². The summed E-state index contributed by atoms with van der Waals surface area (Å²) in [6.07, 6.45) is -2.61. The second-order valence-electron chi connectivity index (χ2n) is 14.5. The average Bonchev–Trinajstić information content (AvgIpc) is 3.37. The van der Waals surface area contributed by atoms with Gasteiger partial charge in [-0.1, -0.05) is 19.6 Å². The highest BCUT2D eigenvalue weighted by molar-refractivity contribution is 7.81. The number of rotatable bonds is 12. The molecule has 3 fully saturated rings. The Balaban J connectivity index is 1.01. The van der Waals surface area contributed by atoms with Crippen molar-refractivity contribution in [3.05, 3.63) is 83.8 Å². The molecule has 6 rings (SSSR count). The standard InChI is InChI=1S/C40H42F3N9O5S/c1-5-25-19-28(52-38(58)51(37(56)39(52,3)4)29-21-30(40(41,42)43)32(22-44)45-23-29)9-11-33(25)57-18-17-49-13-15-50(16-14-49)24(2)35(54)47-27-8-6-7-26(20-27)46-31-10-12-34(53)48-36(31)55/h6-9,11,19-21,23,31,46H,2,5,10,12-18H2,1,3-4H3,(H,47,54)(H,48,53,55)/t31-/m0/s1. The summed E-state index contributed by atoms with van der Waals surface area (Å²) in [5.74, 6) is -0.933. The van der Waals surface area contributed by atoms with Gasteiger partial charge in [-0.2, -0.15) is 18.4 Å². The predicted molar refractivity (Wildman–Crippen MR) is 214 cm³/mol. The molecule has 18 heteroatoms. The first-order valence-corrected chi connectivity index (χ1v) is 19.0. The van der Waals surface area contributed by atoms with Crippen LogP contribution in [0, 0.1) is 11.3 Å². The molecule has 4 heterocycles. The summed E-state index contributed by atoms with van der Waals surface area (Å²) in [6, 6.07) is 14.0. The lowest BCUT2D eigenvalue weighted by atomic mass is 10.0. The predicted octanol–water partition coefficient (Wildman–Crippen LogP) is 4.82. The van der Waals surface area contributed by atoms with Crippen molar-refractivity contribution in [2.75, 3.05) is 59.8 Å². The van der Waals surface area contributed by atoms with E-state index in [1.54, 1.807) is 55.1 Å². The van der Waals surface area contributed by atoms with Crippen molar-refractivity contribution < 1.29 is 37.1 Å². The molecule has 1 atom stereocenters. The number of alkyl halides is 3. The first-order valence-electron chi connectivity index (χ1n) is 18.6. The summed E-state index contributed by atoms with van der Waals surface area (Å²) >= 11 is 5.68. The van der Waals surface area contributed by atoms with E-state index in [1.807, 2.05) is 17.9 Å². The second-order valence-corrected chi connectivity index (χ2v) is 14.8. The van der Waals surface area contributed by atoms with Crippen LogP contribution in [0.2, 0.25) is 0 Å². The van der Waals surface area contributed by atoms with E-state index in [4.69, 9.17) is 22.2 Å². The number of nitrogens with zero attached hydrogens (tertiary/aromatic N) is 6. The van der Waals surface area contributed by atoms with Crippen LogP contribution >= 0.6 is 12.2 Å². The number of aryl methyl sites for hydroxylation is 1. The highest BCUT2D eigenvalue weighted by Gasteiger charge is 2.51. The third kappa shape index (κ3) is 8.75. The Labute approximate surface area is 338 Å². The summed E-state index contributed by atoms with van der Waals surface area (Å²) in [6.45, 7) is 12.7. The van der Waals surface area contributed by atoms with Gasteiger partial charge in [-0.15, -0.1) is 0 Å². The van der Waals surface area contributed by atoms with Gasteiger partial charge in [0.2, 0.25) is 11.8 Å². The highest BCUT2D eigenvalue weighted by atomic mass is 32.1. The minimum Gasteiger partial charge on any atom is -0.492 e. The van der Waals surface area contributed by atoms with Crippen molar-refractivity contribution in [3.8, 4) is 11.8 Å². The Kier molecular flexibility index (Phi) is 12.0. The molecule has 0 radical (unpaired) electrons. The normalized spacial score (nSPS) is 18.5. The topological polar surface area (TPSA) is 163 Å². The smallest absolute Gasteiger partial charge is 0.419 e. The van der Waals surface area contributed by atoms with Crippen LogP contribution in [0.15, 0.2) is 67.0 Å². The molecular formula is C40H42F3N9O5S. The van der Waals surface area contributed by atoms with Crippen molar-refractivity contribution in [3.63, 3.8) is 0 Å². The van der Waals surface area contributed by atoms with E-state index in [2.05, 4.69) is 32.4 Å². The average molecular weight is 818 g/mol. The maximum atomic E-state index is 13.7. The van der Waals surface area contributed by atoms with Crippen molar-refractivity contribution in [1.82, 2.24) is 20.1 Å². The number of nitrogens with one attached hydrogen (secondary N) is 3. The van der Waals surface area contributed by atoms with Gasteiger partial charge in [-0.25, -0.2) is 4.98 Å². The number of ether oxygens (including phenoxy) is 1. The fourth-order valence-electron chi connectivity index (χ4n) is 7.05. The van der Waals surface area contributed by atoms with Gasteiger partial charge in [0.05, 0.1) is 23.1 Å². The van der Waals surface area contributed by atoms with Gasteiger partial charge >= 0.3 is 6.18 Å². The van der Waals surface area contributed by atoms with E-state index in [-0.39, 0.29) is 34.9 Å². The van der Waals surface area contributed by atoms with Gasteiger partial charge in [0.15, 0.2) is 10.8 Å². The Morgan fingerprint density at radius 3 is 2.48 bits per heavy atom. The maximum absolute atomic E-state index is 13.7. The Morgan fingerprint density at radius 2 is 1.81 bits per heavy atom. The number of carbonyl (C=O) groups is 4. The molecule has 0 bridgehead atoms. The molecule has 58 heavy (non-hydrogen) atoms. The number of amides is 4. The summed E-state index contributed by atoms with van der Waals surface area (Å²) in [7, 11) is 0. The second kappa shape index (κ2) is 16.8. The summed E-state index contributed by atoms with van der Waals surface area (Å²) in [5.41, 5.74) is -0.613. The number of thiocarbonyl (C=S) groups is 1. The molecule has 0 saturated carbocycles. The molecule has 14 nitrogen and oxygen atoms in total. The molecule has 3 N–H and O–H groups in total. The van der Waals surface area contributed by atoms with Crippen molar-refractivity contribution in [1.29, 1.82) is 5.26 Å². The number of piperidine rings is 1. The largest absolute Gasteiger partial charge is 0.492 e. The number of anilines is 4. The van der Waals surface area contributed by atoms with E-state index < -0.39 is 34.9 Å². The lowest BCUT2D eigenvalue weighted by molar-refractivity contribution is -0.138. The molecule has 304 valence electrons. The number of hydrogen-bond acceptors (Lipinski definition) is 11. The molecule has 3 saturated heterocycles. The molecule has 0 aliphatic carbocycles. The summed E-state index contributed by atoms with van der Waals surface area (Å²) in [5, 5.41) is 17.4. The first kappa shape index (κ1) is 41.6. The number of halogens is 3. The fraction of sp³-hybridized carbons (Fsp3) is 0.375. The van der Waals surface area contributed by atoms with Gasteiger partial charge < -0.3 is 25.2 Å². The number of imide groups is 1. The Bertz CT molecular complexity index is 2200. The molecule has 1 aromatic heterocycles. The lowest BCUT2D eigenvalue weighted by Crippen LogP contribution is -2.48. The van der Waals surface area contributed by atoms with Crippen LogP contribution in [0.3, 0.4) is 0 Å². The van der Waals surface area contributed by atoms with Crippen LogP contribution in [0.1, 0.15) is 50.4 Å². The fourth-order valence-corrected chi connectivity index (χ4v) is 7.57. The quantitative estimate of drug-likeness (QED) is 0.130. The van der Waals surface area contributed by atoms with Crippen LogP contribution in [0.5, 0.6) is 5.75 Å². The molecule has 3 aliphatic rings. The van der Waals surface area contributed by atoms with E-state index >= 15 is 0 Å². The number of pyridine rings is 1. The Morgan fingerprint density at radius 1 is 1.09 bits per heavy atom. The molecule has 4 amide bonds. The van der Waals surface area contributed by atoms with Crippen LogP contribution in [-0.2, 0) is 31.8 Å². The number of carbonyl (C=O) groups excluding carboxylic acids is 4. The van der Waals surface area contributed by atoms with Crippen molar-refractivity contribution >= 4 is 63.7 Å². The molecule has 3 aliphatic heterocycles. The molecule has 0 unspecified atom stereocenters. The maximum Gasteiger partial charge on any atom is 0.419 e. The van der Waals surface area contributed by atoms with Crippen LogP contribution in [-0.4, -0.2) is 94.4 Å². The van der Waals surface area contributed by atoms with Crippen LogP contribution < -0.4 is 30.5 Å². The molecule has 2 aromatic carbocycles. The minimum absolute atomic E-state index is 0.0294. The zero-order chi connectivity index (χ0) is 41.9. The first-order chi connectivity index (χ1) is 27.5. The van der Waals surface area contributed by atoms with Crippen LogP contribution in [0.4, 0.5) is 35.9 Å². The number of piperazine rings is 1. The van der Waals surface area contributed by atoms with E-state index in [0.29, 0.717) is 86.7 Å². The zero-order valence-electron chi connectivity index (χ0n) is 32.1. The van der Waals surface area contributed by atoms with Gasteiger partial charge in [-0.05, 0) is 86.9 Å². The van der Waals surface area contributed by atoms with Gasteiger partial charge in [0.25, 0.3) is 11.8 Å². The third-order valence-electron chi connectivity index (χ3n) is 10.3. The summed E-state index contributed by atoms with van der Waals surface area (Å²) in [4.78, 5) is 60.8.